The Morgan fingerprint density at radius 2 is 1.80 bits per heavy atom. The van der Waals surface area contributed by atoms with Crippen LogP contribution in [-0.4, -0.2) is 61.8 Å². The first kappa shape index (κ1) is 31.3. The molecule has 0 saturated carbocycles. The molecule has 0 N–H and O–H groups in total. The average molecular weight is 625 g/mol. The number of nitrogens with zero attached hydrogens (tertiary/aromatic N) is 6. The van der Waals surface area contributed by atoms with Gasteiger partial charge in [0.1, 0.15) is 23.1 Å². The van der Waals surface area contributed by atoms with Crippen LogP contribution in [0.2, 0.25) is 5.02 Å². The summed E-state index contributed by atoms with van der Waals surface area (Å²) in [5, 5.41) is 0.396. The quantitative estimate of drug-likeness (QED) is 0.251. The van der Waals surface area contributed by atoms with Gasteiger partial charge in [-0.3, -0.25) is 4.98 Å². The molecule has 0 aliphatic carbocycles. The lowest BCUT2D eigenvalue weighted by atomic mass is 10.0. The summed E-state index contributed by atoms with van der Waals surface area (Å²) in [5.41, 5.74) is 0.183. The highest BCUT2D eigenvalue weighted by Crippen LogP contribution is 2.37. The van der Waals surface area contributed by atoms with Crippen LogP contribution < -0.4 is 10.6 Å². The van der Waals surface area contributed by atoms with E-state index in [9.17, 15) is 18.4 Å². The SMILES string of the molecule is Cc1ccnc(C(C)C)c1-n1c(=O)nc(N2CCN(C(=O)OC(C)(C)C)CC2C)c2cc(Cl)c(-c3c(F)cccc3F)nc21. The van der Waals surface area contributed by atoms with Gasteiger partial charge in [-0.05, 0) is 70.4 Å². The van der Waals surface area contributed by atoms with Crippen LogP contribution in [0.5, 0.6) is 0 Å². The molecule has 4 aromatic rings. The van der Waals surface area contributed by atoms with Gasteiger partial charge in [-0.1, -0.05) is 31.5 Å². The highest BCUT2D eigenvalue weighted by molar-refractivity contribution is 6.33. The molecule has 0 radical (unpaired) electrons. The van der Waals surface area contributed by atoms with Gasteiger partial charge < -0.3 is 14.5 Å². The molecule has 44 heavy (non-hydrogen) atoms. The summed E-state index contributed by atoms with van der Waals surface area (Å²) in [4.78, 5) is 44.1. The van der Waals surface area contributed by atoms with Gasteiger partial charge in [-0.2, -0.15) is 4.98 Å². The number of benzene rings is 1. The van der Waals surface area contributed by atoms with Crippen LogP contribution in [0.25, 0.3) is 28.0 Å². The van der Waals surface area contributed by atoms with Gasteiger partial charge >= 0.3 is 11.8 Å². The zero-order valence-electron chi connectivity index (χ0n) is 25.8. The number of amides is 1. The standard InChI is InChI=1S/C32H35ClF2N6O3/c1-17(2)25-27(18(3)11-12-36-25)41-29-20(15-21(33)26(37-29)24-22(34)9-8-10-23(24)35)28(38-30(41)42)40-14-13-39(16-19(40)4)31(43)44-32(5,6)7/h8-12,15,17,19H,13-14,16H2,1-7H3. The Morgan fingerprint density at radius 1 is 1.11 bits per heavy atom. The van der Waals surface area contributed by atoms with Crippen LogP contribution >= 0.6 is 11.6 Å². The van der Waals surface area contributed by atoms with Crippen molar-refractivity contribution in [1.29, 1.82) is 0 Å². The molecule has 1 fully saturated rings. The predicted octanol–water partition coefficient (Wildman–Crippen LogP) is 6.65. The second kappa shape index (κ2) is 11.8. The molecule has 9 nitrogen and oxygen atoms in total. The van der Waals surface area contributed by atoms with E-state index in [0.29, 0.717) is 42.2 Å². The Balaban J connectivity index is 1.74. The summed E-state index contributed by atoms with van der Waals surface area (Å²) in [6.45, 7) is 14.1. The molecule has 1 saturated heterocycles. The van der Waals surface area contributed by atoms with Gasteiger partial charge in [0.15, 0.2) is 5.65 Å². The van der Waals surface area contributed by atoms with Crippen molar-refractivity contribution in [2.24, 2.45) is 0 Å². The number of pyridine rings is 2. The highest BCUT2D eigenvalue weighted by atomic mass is 35.5. The number of carbonyl (C=O) groups is 1. The second-order valence-corrected chi connectivity index (χ2v) is 12.7. The van der Waals surface area contributed by atoms with Crippen molar-refractivity contribution in [3.05, 3.63) is 74.9 Å². The first-order valence-corrected chi connectivity index (χ1v) is 14.8. The monoisotopic (exact) mass is 624 g/mol. The summed E-state index contributed by atoms with van der Waals surface area (Å²) < 4.78 is 36.9. The van der Waals surface area contributed by atoms with Gasteiger partial charge in [-0.15, -0.1) is 0 Å². The number of rotatable bonds is 4. The third-order valence-corrected chi connectivity index (χ3v) is 7.77. The minimum absolute atomic E-state index is 0.0122. The van der Waals surface area contributed by atoms with E-state index >= 15 is 0 Å². The molecule has 232 valence electrons. The number of hydrogen-bond donors (Lipinski definition) is 0. The molecule has 1 aliphatic heterocycles. The zero-order chi connectivity index (χ0) is 32.1. The van der Waals surface area contributed by atoms with Gasteiger partial charge in [0.2, 0.25) is 0 Å². The molecule has 1 atom stereocenters. The zero-order valence-corrected chi connectivity index (χ0v) is 26.5. The van der Waals surface area contributed by atoms with Gasteiger partial charge in [0, 0.05) is 31.9 Å². The van der Waals surface area contributed by atoms with Crippen molar-refractivity contribution in [3.63, 3.8) is 0 Å². The van der Waals surface area contributed by atoms with E-state index in [0.717, 1.165) is 17.7 Å². The van der Waals surface area contributed by atoms with Crippen molar-refractivity contribution in [1.82, 2.24) is 24.4 Å². The van der Waals surface area contributed by atoms with Gasteiger partial charge in [0.05, 0.1) is 33.0 Å². The minimum atomic E-state index is -0.839. The van der Waals surface area contributed by atoms with E-state index in [2.05, 4.69) is 15.0 Å². The number of aromatic nitrogens is 4. The number of anilines is 1. The molecular formula is C32H35ClF2N6O3. The van der Waals surface area contributed by atoms with Crippen molar-refractivity contribution in [2.45, 2.75) is 66.0 Å². The molecule has 1 aliphatic rings. The van der Waals surface area contributed by atoms with Crippen molar-refractivity contribution < 1.29 is 18.3 Å². The van der Waals surface area contributed by atoms with E-state index in [4.69, 9.17) is 16.3 Å². The summed E-state index contributed by atoms with van der Waals surface area (Å²) >= 11 is 6.70. The Bertz CT molecular complexity index is 1800. The molecule has 1 unspecified atom stereocenters. The van der Waals surface area contributed by atoms with Crippen LogP contribution in [0.1, 0.15) is 58.7 Å². The number of fused-ring (bicyclic) bond motifs is 1. The molecule has 1 aromatic carbocycles. The number of piperazine rings is 1. The lowest BCUT2D eigenvalue weighted by molar-refractivity contribution is 0.0218. The maximum atomic E-state index is 15.0. The highest BCUT2D eigenvalue weighted by Gasteiger charge is 2.33. The Kier molecular flexibility index (Phi) is 8.37. The number of ether oxygens (including phenoxy) is 1. The van der Waals surface area contributed by atoms with E-state index in [1.54, 1.807) is 17.2 Å². The summed E-state index contributed by atoms with van der Waals surface area (Å²) in [6, 6.07) is 6.55. The van der Waals surface area contributed by atoms with Crippen LogP contribution in [0, 0.1) is 18.6 Å². The molecule has 0 bridgehead atoms. The summed E-state index contributed by atoms with van der Waals surface area (Å²) in [7, 11) is 0. The van der Waals surface area contributed by atoms with Crippen molar-refractivity contribution >= 4 is 34.5 Å². The number of hydrogen-bond acceptors (Lipinski definition) is 7. The van der Waals surface area contributed by atoms with Crippen LogP contribution in [0.15, 0.2) is 41.3 Å². The molecule has 3 aromatic heterocycles. The smallest absolute Gasteiger partial charge is 0.410 e. The maximum Gasteiger partial charge on any atom is 0.410 e. The van der Waals surface area contributed by atoms with Gasteiger partial charge in [-0.25, -0.2) is 27.9 Å². The predicted molar refractivity (Wildman–Crippen MR) is 167 cm³/mol. The Morgan fingerprint density at radius 3 is 2.41 bits per heavy atom. The number of aryl methyl sites for hydroxylation is 1. The van der Waals surface area contributed by atoms with Gasteiger partial charge in [0.25, 0.3) is 0 Å². The Labute approximate surface area is 259 Å². The largest absolute Gasteiger partial charge is 0.444 e. The van der Waals surface area contributed by atoms with Crippen molar-refractivity contribution in [2.75, 3.05) is 24.5 Å². The van der Waals surface area contributed by atoms with E-state index in [-0.39, 0.29) is 28.3 Å². The van der Waals surface area contributed by atoms with E-state index < -0.39 is 34.6 Å². The second-order valence-electron chi connectivity index (χ2n) is 12.3. The van der Waals surface area contributed by atoms with Crippen LogP contribution in [0.4, 0.5) is 19.4 Å². The van der Waals surface area contributed by atoms with Crippen LogP contribution in [0.3, 0.4) is 0 Å². The minimum Gasteiger partial charge on any atom is -0.444 e. The van der Waals surface area contributed by atoms with E-state index in [1.807, 2.05) is 53.4 Å². The molecule has 5 rings (SSSR count). The molecule has 4 heterocycles. The fraction of sp³-hybridized carbons (Fsp3) is 0.406. The molecular weight excluding hydrogens is 590 g/mol. The molecule has 0 spiro atoms. The van der Waals surface area contributed by atoms with E-state index in [1.165, 1.54) is 16.7 Å². The topological polar surface area (TPSA) is 93.5 Å². The summed E-state index contributed by atoms with van der Waals surface area (Å²) in [5.74, 6) is -1.44. The lowest BCUT2D eigenvalue weighted by Gasteiger charge is -2.41. The number of carbonyl (C=O) groups excluding carboxylic acids is 1. The third kappa shape index (κ3) is 5.85. The molecule has 12 heteroatoms. The first-order chi connectivity index (χ1) is 20.7. The first-order valence-electron chi connectivity index (χ1n) is 14.5. The normalized spacial score (nSPS) is 15.8. The molecule has 1 amide bonds. The fourth-order valence-corrected chi connectivity index (χ4v) is 5.72. The van der Waals surface area contributed by atoms with Crippen molar-refractivity contribution in [3.8, 4) is 16.9 Å². The average Bonchev–Trinajstić information content (AvgIpc) is 2.92. The lowest BCUT2D eigenvalue weighted by Crippen LogP contribution is -2.55. The van der Waals surface area contributed by atoms with Crippen LogP contribution in [-0.2, 0) is 4.74 Å². The maximum absolute atomic E-state index is 15.0. The summed E-state index contributed by atoms with van der Waals surface area (Å²) in [6.07, 6.45) is 1.24. The third-order valence-electron chi connectivity index (χ3n) is 7.48. The Hall–Kier alpha value is -4.12. The number of halogens is 3. The fourth-order valence-electron chi connectivity index (χ4n) is 5.47.